The van der Waals surface area contributed by atoms with Gasteiger partial charge in [0.25, 0.3) is 0 Å². The fourth-order valence-corrected chi connectivity index (χ4v) is 2.70. The van der Waals surface area contributed by atoms with Gasteiger partial charge in [0.05, 0.1) is 0 Å². The first-order valence-corrected chi connectivity index (χ1v) is 7.51. The lowest BCUT2D eigenvalue weighted by Crippen LogP contribution is -2.52. The van der Waals surface area contributed by atoms with Crippen LogP contribution in [0.2, 0.25) is 0 Å². The molecule has 20 heavy (non-hydrogen) atoms. The van der Waals surface area contributed by atoms with Crippen molar-refractivity contribution in [2.75, 3.05) is 45.1 Å². The monoisotopic (exact) mass is 277 g/mol. The third-order valence-corrected chi connectivity index (χ3v) is 4.07. The molecule has 5 nitrogen and oxygen atoms in total. The van der Waals surface area contributed by atoms with E-state index in [-0.39, 0.29) is 0 Å². The van der Waals surface area contributed by atoms with E-state index < -0.39 is 0 Å². The highest BCUT2D eigenvalue weighted by atomic mass is 15.3. The molecule has 1 aliphatic heterocycles. The number of likely N-dealkylation sites (N-methyl/N-ethyl adjacent to an activating group) is 1. The van der Waals surface area contributed by atoms with E-state index in [0.717, 1.165) is 44.2 Å². The van der Waals surface area contributed by atoms with Crippen LogP contribution in [-0.4, -0.2) is 65.6 Å². The van der Waals surface area contributed by atoms with Crippen molar-refractivity contribution in [3.63, 3.8) is 0 Å². The number of aryl methyl sites for hydroxylation is 1. The van der Waals surface area contributed by atoms with E-state index in [0.29, 0.717) is 12.0 Å². The number of nitrogens with zero attached hydrogens (tertiary/aromatic N) is 4. The summed E-state index contributed by atoms with van der Waals surface area (Å²) in [6.45, 7) is 12.2. The van der Waals surface area contributed by atoms with Gasteiger partial charge in [-0.3, -0.25) is 4.90 Å². The Hall–Kier alpha value is -1.20. The van der Waals surface area contributed by atoms with Crippen LogP contribution in [-0.2, 0) is 0 Å². The van der Waals surface area contributed by atoms with Crippen LogP contribution in [0.25, 0.3) is 0 Å². The molecule has 1 N–H and O–H groups in total. The average Bonchev–Trinajstić information content (AvgIpc) is 2.41. The van der Waals surface area contributed by atoms with Gasteiger partial charge in [-0.2, -0.15) is 0 Å². The van der Waals surface area contributed by atoms with Gasteiger partial charge < -0.3 is 10.2 Å². The molecule has 1 fully saturated rings. The summed E-state index contributed by atoms with van der Waals surface area (Å²) >= 11 is 0. The van der Waals surface area contributed by atoms with Crippen molar-refractivity contribution in [3.8, 4) is 0 Å². The molecule has 0 bridgehead atoms. The number of aromatic nitrogens is 2. The predicted octanol–water partition coefficient (Wildman–Crippen LogP) is 1.47. The second kappa shape index (κ2) is 6.99. The van der Waals surface area contributed by atoms with Crippen molar-refractivity contribution in [2.24, 2.45) is 5.92 Å². The van der Waals surface area contributed by atoms with E-state index in [2.05, 4.69) is 46.0 Å². The van der Waals surface area contributed by atoms with E-state index >= 15 is 0 Å². The number of rotatable bonds is 5. The van der Waals surface area contributed by atoms with Gasteiger partial charge in [-0.25, -0.2) is 9.97 Å². The van der Waals surface area contributed by atoms with Gasteiger partial charge in [-0.15, -0.1) is 0 Å². The molecule has 1 unspecified atom stereocenters. The highest BCUT2D eigenvalue weighted by Crippen LogP contribution is 2.14. The molecule has 0 amide bonds. The summed E-state index contributed by atoms with van der Waals surface area (Å²) in [4.78, 5) is 13.4. The van der Waals surface area contributed by atoms with Crippen molar-refractivity contribution in [1.82, 2.24) is 19.8 Å². The lowest BCUT2D eigenvalue weighted by atomic mass is 10.0. The minimum absolute atomic E-state index is 0.555. The highest BCUT2D eigenvalue weighted by molar-refractivity contribution is 5.34. The standard InChI is InChI=1S/C15H27N5/c1-12(2)14(20-7-5-19(4)6-8-20)10-16-15-9-13(3)17-11-18-15/h9,11-12,14H,5-8,10H2,1-4H3,(H,16,17,18). The summed E-state index contributed by atoms with van der Waals surface area (Å²) < 4.78 is 0. The van der Waals surface area contributed by atoms with Crippen LogP contribution in [0, 0.1) is 12.8 Å². The first-order chi connectivity index (χ1) is 9.56. The third-order valence-electron chi connectivity index (χ3n) is 4.07. The Balaban J connectivity index is 1.92. The number of hydrogen-bond donors (Lipinski definition) is 1. The Labute approximate surface area is 122 Å². The van der Waals surface area contributed by atoms with E-state index in [1.807, 2.05) is 13.0 Å². The molecule has 112 valence electrons. The van der Waals surface area contributed by atoms with E-state index in [1.165, 1.54) is 0 Å². The molecule has 5 heteroatoms. The Kier molecular flexibility index (Phi) is 5.31. The molecule has 2 heterocycles. The van der Waals surface area contributed by atoms with Crippen LogP contribution in [0.3, 0.4) is 0 Å². The zero-order valence-electron chi connectivity index (χ0n) is 13.1. The minimum Gasteiger partial charge on any atom is -0.368 e. The summed E-state index contributed by atoms with van der Waals surface area (Å²) in [6.07, 6.45) is 1.62. The van der Waals surface area contributed by atoms with Crippen LogP contribution in [0.15, 0.2) is 12.4 Å². The fourth-order valence-electron chi connectivity index (χ4n) is 2.70. The largest absolute Gasteiger partial charge is 0.368 e. The maximum absolute atomic E-state index is 4.28. The van der Waals surface area contributed by atoms with Crippen LogP contribution < -0.4 is 5.32 Å². The van der Waals surface area contributed by atoms with Crippen molar-refractivity contribution >= 4 is 5.82 Å². The molecule has 0 radical (unpaired) electrons. The summed E-state index contributed by atoms with van der Waals surface area (Å²) in [5.74, 6) is 1.56. The Morgan fingerprint density at radius 2 is 1.90 bits per heavy atom. The summed E-state index contributed by atoms with van der Waals surface area (Å²) in [5.41, 5.74) is 1.00. The summed E-state index contributed by atoms with van der Waals surface area (Å²) in [5, 5.41) is 3.47. The smallest absolute Gasteiger partial charge is 0.129 e. The van der Waals surface area contributed by atoms with Gasteiger partial charge >= 0.3 is 0 Å². The van der Waals surface area contributed by atoms with E-state index in [9.17, 15) is 0 Å². The molecule has 0 spiro atoms. The molecular formula is C15H27N5. The van der Waals surface area contributed by atoms with Crippen LogP contribution >= 0.6 is 0 Å². The normalized spacial score (nSPS) is 19.2. The zero-order chi connectivity index (χ0) is 14.5. The first kappa shape index (κ1) is 15.2. The van der Waals surface area contributed by atoms with Crippen LogP contribution in [0.1, 0.15) is 19.5 Å². The average molecular weight is 277 g/mol. The Morgan fingerprint density at radius 1 is 1.20 bits per heavy atom. The van der Waals surface area contributed by atoms with Gasteiger partial charge in [0.1, 0.15) is 12.1 Å². The predicted molar refractivity (Wildman–Crippen MR) is 83.0 cm³/mol. The second-order valence-corrected chi connectivity index (χ2v) is 6.08. The number of hydrogen-bond acceptors (Lipinski definition) is 5. The SMILES string of the molecule is Cc1cc(NCC(C(C)C)N2CCN(C)CC2)ncn1. The summed E-state index contributed by atoms with van der Waals surface area (Å²) in [7, 11) is 2.20. The molecule has 1 saturated heterocycles. The van der Waals surface area contributed by atoms with Crippen molar-refractivity contribution in [1.29, 1.82) is 0 Å². The van der Waals surface area contributed by atoms with Gasteiger partial charge in [0.2, 0.25) is 0 Å². The van der Waals surface area contributed by atoms with E-state index in [4.69, 9.17) is 0 Å². The minimum atomic E-state index is 0.555. The van der Waals surface area contributed by atoms with Crippen molar-refractivity contribution in [3.05, 3.63) is 18.1 Å². The van der Waals surface area contributed by atoms with Gasteiger partial charge in [0.15, 0.2) is 0 Å². The number of anilines is 1. The molecular weight excluding hydrogens is 250 g/mol. The first-order valence-electron chi connectivity index (χ1n) is 7.51. The van der Waals surface area contributed by atoms with E-state index in [1.54, 1.807) is 6.33 Å². The van der Waals surface area contributed by atoms with Crippen LogP contribution in [0.4, 0.5) is 5.82 Å². The van der Waals surface area contributed by atoms with Gasteiger partial charge in [0, 0.05) is 50.5 Å². The van der Waals surface area contributed by atoms with Crippen LogP contribution in [0.5, 0.6) is 0 Å². The highest BCUT2D eigenvalue weighted by Gasteiger charge is 2.24. The Morgan fingerprint density at radius 3 is 2.50 bits per heavy atom. The van der Waals surface area contributed by atoms with Crippen molar-refractivity contribution < 1.29 is 0 Å². The number of nitrogens with one attached hydrogen (secondary N) is 1. The summed E-state index contributed by atoms with van der Waals surface area (Å²) in [6, 6.07) is 2.56. The quantitative estimate of drug-likeness (QED) is 0.883. The molecule has 1 aromatic heterocycles. The lowest BCUT2D eigenvalue weighted by molar-refractivity contribution is 0.0944. The van der Waals surface area contributed by atoms with Gasteiger partial charge in [-0.05, 0) is 19.9 Å². The molecule has 0 aliphatic carbocycles. The second-order valence-electron chi connectivity index (χ2n) is 6.08. The molecule has 0 aromatic carbocycles. The fraction of sp³-hybridized carbons (Fsp3) is 0.733. The Bertz CT molecular complexity index is 412. The molecule has 1 aliphatic rings. The maximum atomic E-state index is 4.28. The zero-order valence-corrected chi connectivity index (χ0v) is 13.1. The number of piperazine rings is 1. The molecule has 2 rings (SSSR count). The topological polar surface area (TPSA) is 44.3 Å². The third kappa shape index (κ3) is 4.15. The maximum Gasteiger partial charge on any atom is 0.129 e. The molecule has 1 atom stereocenters. The molecule has 1 aromatic rings. The van der Waals surface area contributed by atoms with Gasteiger partial charge in [-0.1, -0.05) is 13.8 Å². The van der Waals surface area contributed by atoms with Crippen molar-refractivity contribution in [2.45, 2.75) is 26.8 Å². The lowest BCUT2D eigenvalue weighted by Gasteiger charge is -2.40. The molecule has 0 saturated carbocycles.